The third-order valence-electron chi connectivity index (χ3n) is 2.91. The summed E-state index contributed by atoms with van der Waals surface area (Å²) in [6, 6.07) is 4.35. The molecular weight excluding hydrogens is 234 g/mol. The fraction of sp³-hybridized carbons (Fsp3) is 0.538. The zero-order chi connectivity index (χ0) is 12.8. The van der Waals surface area contributed by atoms with Crippen LogP contribution in [0.4, 0.5) is 0 Å². The standard InChI is InChI=1S/C13H21NO2S/c1-9-7-12(15-3)13(16-4)8-10(9)11(14-2)5-6-17/h7-8,11,14,17H,5-6H2,1-4H3. The molecule has 3 nitrogen and oxygen atoms in total. The SMILES string of the molecule is CNC(CCS)c1cc(OC)c(OC)cc1C. The average molecular weight is 255 g/mol. The Labute approximate surface area is 109 Å². The minimum atomic E-state index is 0.298. The number of hydrogen-bond donors (Lipinski definition) is 2. The maximum atomic E-state index is 5.33. The lowest BCUT2D eigenvalue weighted by Gasteiger charge is -2.20. The minimum absolute atomic E-state index is 0.298. The van der Waals surface area contributed by atoms with E-state index in [0.717, 1.165) is 23.7 Å². The van der Waals surface area contributed by atoms with E-state index in [1.54, 1.807) is 14.2 Å². The van der Waals surface area contributed by atoms with Crippen molar-refractivity contribution in [3.63, 3.8) is 0 Å². The highest BCUT2D eigenvalue weighted by Gasteiger charge is 2.15. The molecule has 0 saturated heterocycles. The van der Waals surface area contributed by atoms with Crippen LogP contribution in [0.1, 0.15) is 23.6 Å². The molecule has 1 rings (SSSR count). The molecule has 1 aromatic rings. The molecule has 0 radical (unpaired) electrons. The summed E-state index contributed by atoms with van der Waals surface area (Å²) in [5, 5.41) is 3.30. The number of thiol groups is 1. The number of aryl methyl sites for hydroxylation is 1. The quantitative estimate of drug-likeness (QED) is 0.766. The van der Waals surface area contributed by atoms with Gasteiger partial charge in [0.2, 0.25) is 0 Å². The van der Waals surface area contributed by atoms with Crippen LogP contribution in [0.5, 0.6) is 11.5 Å². The summed E-state index contributed by atoms with van der Waals surface area (Å²) in [7, 11) is 5.27. The van der Waals surface area contributed by atoms with Crippen molar-refractivity contribution in [1.82, 2.24) is 5.32 Å². The summed E-state index contributed by atoms with van der Waals surface area (Å²) >= 11 is 4.29. The molecule has 0 aromatic heterocycles. The fourth-order valence-electron chi connectivity index (χ4n) is 1.96. The highest BCUT2D eigenvalue weighted by atomic mass is 32.1. The van der Waals surface area contributed by atoms with Crippen molar-refractivity contribution < 1.29 is 9.47 Å². The van der Waals surface area contributed by atoms with Crippen LogP contribution >= 0.6 is 12.6 Å². The Hall–Kier alpha value is -0.870. The van der Waals surface area contributed by atoms with Gasteiger partial charge in [0.1, 0.15) is 0 Å². The van der Waals surface area contributed by atoms with Crippen molar-refractivity contribution in [2.24, 2.45) is 0 Å². The number of methoxy groups -OCH3 is 2. The maximum absolute atomic E-state index is 5.33. The van der Waals surface area contributed by atoms with Gasteiger partial charge in [-0.2, -0.15) is 12.6 Å². The van der Waals surface area contributed by atoms with Crippen LogP contribution in [0.15, 0.2) is 12.1 Å². The van der Waals surface area contributed by atoms with Crippen LogP contribution in [-0.4, -0.2) is 27.0 Å². The molecule has 4 heteroatoms. The van der Waals surface area contributed by atoms with Gasteiger partial charge >= 0.3 is 0 Å². The first-order valence-corrected chi connectivity index (χ1v) is 6.31. The molecule has 0 saturated carbocycles. The molecule has 0 fully saturated rings. The monoisotopic (exact) mass is 255 g/mol. The summed E-state index contributed by atoms with van der Waals surface area (Å²) in [5.74, 6) is 2.39. The van der Waals surface area contributed by atoms with Crippen LogP contribution in [0.3, 0.4) is 0 Å². The molecule has 0 spiro atoms. The van der Waals surface area contributed by atoms with Crippen LogP contribution in [0.2, 0.25) is 0 Å². The molecule has 0 aliphatic rings. The molecule has 96 valence electrons. The van der Waals surface area contributed by atoms with E-state index in [9.17, 15) is 0 Å². The third-order valence-corrected chi connectivity index (χ3v) is 3.17. The molecule has 1 N–H and O–H groups in total. The lowest BCUT2D eigenvalue weighted by atomic mass is 9.98. The summed E-state index contributed by atoms with van der Waals surface area (Å²) in [6.45, 7) is 2.08. The predicted octanol–water partition coefficient (Wildman–Crippen LogP) is 2.59. The molecule has 1 aromatic carbocycles. The molecule has 0 aliphatic heterocycles. The van der Waals surface area contributed by atoms with E-state index in [2.05, 4.69) is 24.9 Å². The van der Waals surface area contributed by atoms with Gasteiger partial charge in [-0.25, -0.2) is 0 Å². The summed E-state index contributed by atoms with van der Waals surface area (Å²) in [5.41, 5.74) is 2.43. The van der Waals surface area contributed by atoms with Gasteiger partial charge in [-0.1, -0.05) is 0 Å². The van der Waals surface area contributed by atoms with E-state index in [1.807, 2.05) is 19.2 Å². The van der Waals surface area contributed by atoms with Gasteiger partial charge in [0, 0.05) is 6.04 Å². The first kappa shape index (κ1) is 14.2. The third kappa shape index (κ3) is 3.30. The number of nitrogens with one attached hydrogen (secondary N) is 1. The second-order valence-corrected chi connectivity index (χ2v) is 4.36. The summed E-state index contributed by atoms with van der Waals surface area (Å²) < 4.78 is 10.6. The molecular formula is C13H21NO2S. The Morgan fingerprint density at radius 3 is 2.29 bits per heavy atom. The predicted molar refractivity (Wildman–Crippen MR) is 74.6 cm³/mol. The Balaban J connectivity index is 3.14. The first-order valence-electron chi connectivity index (χ1n) is 5.68. The van der Waals surface area contributed by atoms with E-state index in [0.29, 0.717) is 6.04 Å². The van der Waals surface area contributed by atoms with Gasteiger partial charge in [0.25, 0.3) is 0 Å². The molecule has 0 bridgehead atoms. The number of rotatable bonds is 6. The van der Waals surface area contributed by atoms with Crippen molar-refractivity contribution in [2.75, 3.05) is 27.0 Å². The van der Waals surface area contributed by atoms with Gasteiger partial charge in [0.05, 0.1) is 14.2 Å². The molecule has 1 atom stereocenters. The van der Waals surface area contributed by atoms with Crippen molar-refractivity contribution in [3.8, 4) is 11.5 Å². The van der Waals surface area contributed by atoms with E-state index in [4.69, 9.17) is 9.47 Å². The Morgan fingerprint density at radius 2 is 1.82 bits per heavy atom. The van der Waals surface area contributed by atoms with Crippen LogP contribution in [-0.2, 0) is 0 Å². The van der Waals surface area contributed by atoms with Crippen LogP contribution in [0.25, 0.3) is 0 Å². The van der Waals surface area contributed by atoms with Gasteiger partial charge < -0.3 is 14.8 Å². The zero-order valence-electron chi connectivity index (χ0n) is 10.9. The van der Waals surface area contributed by atoms with Gasteiger partial charge in [-0.3, -0.25) is 0 Å². The maximum Gasteiger partial charge on any atom is 0.161 e. The van der Waals surface area contributed by atoms with E-state index in [-0.39, 0.29) is 0 Å². The van der Waals surface area contributed by atoms with Crippen molar-refractivity contribution in [1.29, 1.82) is 0 Å². The van der Waals surface area contributed by atoms with E-state index in [1.165, 1.54) is 11.1 Å². The van der Waals surface area contributed by atoms with Gasteiger partial charge in [-0.15, -0.1) is 0 Å². The molecule has 0 heterocycles. The second-order valence-electron chi connectivity index (χ2n) is 3.92. The fourth-order valence-corrected chi connectivity index (χ4v) is 2.21. The highest BCUT2D eigenvalue weighted by molar-refractivity contribution is 7.80. The van der Waals surface area contributed by atoms with Crippen molar-refractivity contribution in [3.05, 3.63) is 23.3 Å². The van der Waals surface area contributed by atoms with Gasteiger partial charge in [-0.05, 0) is 49.4 Å². The highest BCUT2D eigenvalue weighted by Crippen LogP contribution is 2.33. The lowest BCUT2D eigenvalue weighted by molar-refractivity contribution is 0.353. The number of benzene rings is 1. The largest absolute Gasteiger partial charge is 0.493 e. The summed E-state index contributed by atoms with van der Waals surface area (Å²) in [4.78, 5) is 0. The zero-order valence-corrected chi connectivity index (χ0v) is 11.8. The van der Waals surface area contributed by atoms with Crippen molar-refractivity contribution >= 4 is 12.6 Å². The Morgan fingerprint density at radius 1 is 1.24 bits per heavy atom. The van der Waals surface area contributed by atoms with Gasteiger partial charge in [0.15, 0.2) is 11.5 Å². The second kappa shape index (κ2) is 6.77. The minimum Gasteiger partial charge on any atom is -0.493 e. The first-order chi connectivity index (χ1) is 8.17. The summed E-state index contributed by atoms with van der Waals surface area (Å²) in [6.07, 6.45) is 0.982. The normalized spacial score (nSPS) is 12.3. The van der Waals surface area contributed by atoms with Crippen molar-refractivity contribution in [2.45, 2.75) is 19.4 Å². The topological polar surface area (TPSA) is 30.5 Å². The molecule has 0 amide bonds. The Bertz CT molecular complexity index is 369. The Kier molecular flexibility index (Phi) is 5.65. The average Bonchev–Trinajstić information content (AvgIpc) is 2.36. The van der Waals surface area contributed by atoms with Crippen LogP contribution in [0, 0.1) is 6.92 Å². The molecule has 1 unspecified atom stereocenters. The molecule has 0 aliphatic carbocycles. The smallest absolute Gasteiger partial charge is 0.161 e. The number of ether oxygens (including phenoxy) is 2. The van der Waals surface area contributed by atoms with E-state index >= 15 is 0 Å². The lowest BCUT2D eigenvalue weighted by Crippen LogP contribution is -2.18. The van der Waals surface area contributed by atoms with Crippen LogP contribution < -0.4 is 14.8 Å². The molecule has 17 heavy (non-hydrogen) atoms. The number of hydrogen-bond acceptors (Lipinski definition) is 4. The van der Waals surface area contributed by atoms with E-state index < -0.39 is 0 Å².